The SMILES string of the molecule is CC(C)(C)NC(=O)CNCCc1ccc2c(c1)CCO2. The van der Waals surface area contributed by atoms with Gasteiger partial charge in [0.25, 0.3) is 0 Å². The third kappa shape index (κ3) is 4.53. The third-order valence-corrected chi connectivity index (χ3v) is 3.14. The summed E-state index contributed by atoms with van der Waals surface area (Å²) >= 11 is 0. The lowest BCUT2D eigenvalue weighted by atomic mass is 10.1. The molecule has 0 radical (unpaired) electrons. The highest BCUT2D eigenvalue weighted by molar-refractivity contribution is 5.78. The highest BCUT2D eigenvalue weighted by atomic mass is 16.5. The van der Waals surface area contributed by atoms with E-state index < -0.39 is 0 Å². The lowest BCUT2D eigenvalue weighted by molar-refractivity contribution is -0.121. The summed E-state index contributed by atoms with van der Waals surface area (Å²) in [6.45, 7) is 7.92. The van der Waals surface area contributed by atoms with Gasteiger partial charge < -0.3 is 15.4 Å². The molecule has 0 fully saturated rings. The molecule has 2 rings (SSSR count). The quantitative estimate of drug-likeness (QED) is 0.804. The Morgan fingerprint density at radius 3 is 2.90 bits per heavy atom. The van der Waals surface area contributed by atoms with E-state index in [1.807, 2.05) is 26.8 Å². The van der Waals surface area contributed by atoms with E-state index in [2.05, 4.69) is 22.8 Å². The summed E-state index contributed by atoms with van der Waals surface area (Å²) in [7, 11) is 0. The Kier molecular flexibility index (Phi) is 4.65. The summed E-state index contributed by atoms with van der Waals surface area (Å²) in [5.74, 6) is 1.06. The number of ether oxygens (including phenoxy) is 1. The molecule has 0 saturated carbocycles. The Hall–Kier alpha value is -1.55. The van der Waals surface area contributed by atoms with Gasteiger partial charge >= 0.3 is 0 Å². The molecule has 110 valence electrons. The summed E-state index contributed by atoms with van der Waals surface area (Å²) in [5.41, 5.74) is 2.42. The van der Waals surface area contributed by atoms with E-state index in [0.717, 1.165) is 31.7 Å². The smallest absolute Gasteiger partial charge is 0.234 e. The van der Waals surface area contributed by atoms with Gasteiger partial charge in [0, 0.05) is 12.0 Å². The van der Waals surface area contributed by atoms with Crippen LogP contribution in [0.25, 0.3) is 0 Å². The van der Waals surface area contributed by atoms with Crippen LogP contribution in [-0.4, -0.2) is 31.1 Å². The molecule has 1 aromatic rings. The van der Waals surface area contributed by atoms with Gasteiger partial charge in [0.15, 0.2) is 0 Å². The molecule has 0 aromatic heterocycles. The molecule has 4 heteroatoms. The van der Waals surface area contributed by atoms with Gasteiger partial charge in [-0.15, -0.1) is 0 Å². The number of carbonyl (C=O) groups is 1. The van der Waals surface area contributed by atoms with E-state index in [4.69, 9.17) is 4.74 Å². The van der Waals surface area contributed by atoms with Crippen molar-refractivity contribution in [1.29, 1.82) is 0 Å². The summed E-state index contributed by atoms with van der Waals surface area (Å²) in [6.07, 6.45) is 1.93. The molecule has 0 unspecified atom stereocenters. The third-order valence-electron chi connectivity index (χ3n) is 3.14. The first-order chi connectivity index (χ1) is 9.44. The molecule has 0 spiro atoms. The van der Waals surface area contributed by atoms with Crippen molar-refractivity contribution in [2.75, 3.05) is 19.7 Å². The summed E-state index contributed by atoms with van der Waals surface area (Å²) in [5, 5.41) is 6.11. The molecular weight excluding hydrogens is 252 g/mol. The van der Waals surface area contributed by atoms with E-state index in [1.165, 1.54) is 11.1 Å². The van der Waals surface area contributed by atoms with Crippen LogP contribution in [0.2, 0.25) is 0 Å². The number of hydrogen-bond donors (Lipinski definition) is 2. The highest BCUT2D eigenvalue weighted by Crippen LogP contribution is 2.25. The second-order valence-electron chi connectivity index (χ2n) is 6.27. The van der Waals surface area contributed by atoms with Gasteiger partial charge in [0.2, 0.25) is 5.91 Å². The van der Waals surface area contributed by atoms with Crippen molar-refractivity contribution < 1.29 is 9.53 Å². The molecule has 0 bridgehead atoms. The van der Waals surface area contributed by atoms with Crippen LogP contribution in [0.5, 0.6) is 5.75 Å². The fourth-order valence-electron chi connectivity index (χ4n) is 2.29. The Bertz CT molecular complexity index is 478. The van der Waals surface area contributed by atoms with Crippen LogP contribution in [0.15, 0.2) is 18.2 Å². The zero-order chi connectivity index (χ0) is 14.6. The number of carbonyl (C=O) groups excluding carboxylic acids is 1. The minimum Gasteiger partial charge on any atom is -0.493 e. The summed E-state index contributed by atoms with van der Waals surface area (Å²) < 4.78 is 5.49. The molecule has 2 N–H and O–H groups in total. The molecule has 0 aliphatic carbocycles. The molecule has 20 heavy (non-hydrogen) atoms. The van der Waals surface area contributed by atoms with Gasteiger partial charge in [-0.3, -0.25) is 4.79 Å². The average molecular weight is 276 g/mol. The minimum absolute atomic E-state index is 0.0415. The van der Waals surface area contributed by atoms with Crippen molar-refractivity contribution >= 4 is 5.91 Å². The predicted octanol–water partition coefficient (Wildman–Crippen LogP) is 1.67. The van der Waals surface area contributed by atoms with Gasteiger partial charge in [-0.1, -0.05) is 12.1 Å². The lowest BCUT2D eigenvalue weighted by Gasteiger charge is -2.20. The van der Waals surface area contributed by atoms with Gasteiger partial charge in [0.05, 0.1) is 13.2 Å². The number of benzene rings is 1. The maximum Gasteiger partial charge on any atom is 0.234 e. The van der Waals surface area contributed by atoms with Crippen LogP contribution in [0.4, 0.5) is 0 Å². The normalized spacial score (nSPS) is 13.8. The fourth-order valence-corrected chi connectivity index (χ4v) is 2.29. The van der Waals surface area contributed by atoms with Gasteiger partial charge in [-0.25, -0.2) is 0 Å². The van der Waals surface area contributed by atoms with Gasteiger partial charge in [-0.2, -0.15) is 0 Å². The number of fused-ring (bicyclic) bond motifs is 1. The van der Waals surface area contributed by atoms with Crippen molar-refractivity contribution in [2.45, 2.75) is 39.2 Å². The molecule has 0 atom stereocenters. The van der Waals surface area contributed by atoms with E-state index in [-0.39, 0.29) is 11.4 Å². The molecule has 1 aromatic carbocycles. The average Bonchev–Trinajstić information content (AvgIpc) is 2.79. The van der Waals surface area contributed by atoms with Crippen molar-refractivity contribution in [3.05, 3.63) is 29.3 Å². The van der Waals surface area contributed by atoms with E-state index in [0.29, 0.717) is 6.54 Å². The van der Waals surface area contributed by atoms with Crippen molar-refractivity contribution in [2.24, 2.45) is 0 Å². The Morgan fingerprint density at radius 2 is 2.15 bits per heavy atom. The first-order valence-corrected chi connectivity index (χ1v) is 7.20. The van der Waals surface area contributed by atoms with Gasteiger partial charge in [0.1, 0.15) is 5.75 Å². The molecule has 1 amide bonds. The van der Waals surface area contributed by atoms with Crippen LogP contribution in [0.3, 0.4) is 0 Å². The topological polar surface area (TPSA) is 50.4 Å². The highest BCUT2D eigenvalue weighted by Gasteiger charge is 2.13. The van der Waals surface area contributed by atoms with E-state index >= 15 is 0 Å². The van der Waals surface area contributed by atoms with Crippen molar-refractivity contribution in [3.63, 3.8) is 0 Å². The first-order valence-electron chi connectivity index (χ1n) is 7.20. The molecule has 1 aliphatic rings. The van der Waals surface area contributed by atoms with Crippen molar-refractivity contribution in [1.82, 2.24) is 10.6 Å². The van der Waals surface area contributed by atoms with E-state index in [1.54, 1.807) is 0 Å². The van der Waals surface area contributed by atoms with Crippen LogP contribution in [0.1, 0.15) is 31.9 Å². The van der Waals surface area contributed by atoms with Crippen LogP contribution in [0, 0.1) is 0 Å². The summed E-state index contributed by atoms with van der Waals surface area (Å²) in [4.78, 5) is 11.6. The number of hydrogen-bond acceptors (Lipinski definition) is 3. The lowest BCUT2D eigenvalue weighted by Crippen LogP contribution is -2.45. The zero-order valence-corrected chi connectivity index (χ0v) is 12.6. The van der Waals surface area contributed by atoms with E-state index in [9.17, 15) is 4.79 Å². The van der Waals surface area contributed by atoms with Crippen molar-refractivity contribution in [3.8, 4) is 5.75 Å². The molecule has 4 nitrogen and oxygen atoms in total. The zero-order valence-electron chi connectivity index (χ0n) is 12.6. The minimum atomic E-state index is -0.168. The second kappa shape index (κ2) is 6.27. The molecule has 1 heterocycles. The van der Waals surface area contributed by atoms with Crippen LogP contribution < -0.4 is 15.4 Å². The monoisotopic (exact) mass is 276 g/mol. The van der Waals surface area contributed by atoms with Gasteiger partial charge in [-0.05, 0) is 50.9 Å². The maximum atomic E-state index is 11.6. The molecule has 1 aliphatic heterocycles. The molecular formula is C16H24N2O2. The van der Waals surface area contributed by atoms with Crippen LogP contribution in [-0.2, 0) is 17.6 Å². The predicted molar refractivity (Wildman–Crippen MR) is 80.1 cm³/mol. The standard InChI is InChI=1S/C16H24N2O2/c1-16(2,3)18-15(19)11-17-8-6-12-4-5-14-13(10-12)7-9-20-14/h4-5,10,17H,6-9,11H2,1-3H3,(H,18,19). The first kappa shape index (κ1) is 14.9. The Morgan fingerprint density at radius 1 is 1.35 bits per heavy atom. The second-order valence-corrected chi connectivity index (χ2v) is 6.27. The number of nitrogens with one attached hydrogen (secondary N) is 2. The Labute approximate surface area is 120 Å². The largest absolute Gasteiger partial charge is 0.493 e. The summed E-state index contributed by atoms with van der Waals surface area (Å²) in [6, 6.07) is 6.35. The molecule has 0 saturated heterocycles. The number of rotatable bonds is 5. The Balaban J connectivity index is 1.70. The number of amides is 1. The fraction of sp³-hybridized carbons (Fsp3) is 0.562. The maximum absolute atomic E-state index is 11.6. The van der Waals surface area contributed by atoms with Crippen LogP contribution >= 0.6 is 0 Å².